The van der Waals surface area contributed by atoms with Gasteiger partial charge in [-0.25, -0.2) is 0 Å². The van der Waals surface area contributed by atoms with E-state index in [0.29, 0.717) is 0 Å². The number of allylic oxidation sites excluding steroid dienone is 1. The molecule has 3 aromatic carbocycles. The molecule has 5 rings (SSSR count). The Kier molecular flexibility index (Phi) is 4.44. The van der Waals surface area contributed by atoms with E-state index < -0.39 is 5.78 Å². The highest BCUT2D eigenvalue weighted by atomic mass is 16.5. The summed E-state index contributed by atoms with van der Waals surface area (Å²) in [7, 11) is 5.97. The Morgan fingerprint density at radius 3 is 2.59 bits per heavy atom. The van der Waals surface area contributed by atoms with E-state index in [1.54, 1.807) is 6.08 Å². The SMILES string of the molecule is CN(C)c1cccc(-c2cccc3c2c(/C=C2\Oc4cc(O)cc(O)c4C2=O)cn3C)c1. The lowest BCUT2D eigenvalue weighted by Gasteiger charge is -2.14. The van der Waals surface area contributed by atoms with Gasteiger partial charge in [-0.15, -0.1) is 0 Å². The highest BCUT2D eigenvalue weighted by Gasteiger charge is 2.31. The van der Waals surface area contributed by atoms with Crippen molar-refractivity contribution in [1.29, 1.82) is 0 Å². The Balaban J connectivity index is 1.68. The van der Waals surface area contributed by atoms with Crippen LogP contribution in [0.2, 0.25) is 0 Å². The predicted octanol–water partition coefficient (Wildman–Crippen LogP) is 4.94. The first-order chi connectivity index (χ1) is 15.3. The lowest BCUT2D eigenvalue weighted by atomic mass is 9.98. The Morgan fingerprint density at radius 1 is 1.03 bits per heavy atom. The molecule has 0 bridgehead atoms. The van der Waals surface area contributed by atoms with Crippen molar-refractivity contribution in [1.82, 2.24) is 4.57 Å². The average Bonchev–Trinajstić information content (AvgIpc) is 3.24. The third kappa shape index (κ3) is 3.08. The zero-order valence-electron chi connectivity index (χ0n) is 18.0. The molecule has 0 unspecified atom stereocenters. The van der Waals surface area contributed by atoms with E-state index in [0.717, 1.165) is 39.3 Å². The van der Waals surface area contributed by atoms with Crippen LogP contribution in [0.15, 0.2) is 66.6 Å². The number of ketones is 1. The van der Waals surface area contributed by atoms with Crippen LogP contribution in [0, 0.1) is 0 Å². The van der Waals surface area contributed by atoms with Crippen molar-refractivity contribution in [3.8, 4) is 28.4 Å². The molecular weight excluding hydrogens is 404 g/mol. The second kappa shape index (κ2) is 7.20. The quantitative estimate of drug-likeness (QED) is 0.454. The molecule has 6 nitrogen and oxygen atoms in total. The fourth-order valence-electron chi connectivity index (χ4n) is 4.20. The molecule has 0 saturated carbocycles. The summed E-state index contributed by atoms with van der Waals surface area (Å²) in [6.45, 7) is 0. The largest absolute Gasteiger partial charge is 0.508 e. The highest BCUT2D eigenvalue weighted by molar-refractivity contribution is 6.17. The maximum absolute atomic E-state index is 12.9. The van der Waals surface area contributed by atoms with Crippen LogP contribution in [0.4, 0.5) is 5.69 Å². The van der Waals surface area contributed by atoms with Crippen molar-refractivity contribution in [3.05, 3.63) is 77.7 Å². The Labute approximate surface area is 185 Å². The van der Waals surface area contributed by atoms with Gasteiger partial charge in [0, 0.05) is 61.6 Å². The maximum Gasteiger partial charge on any atom is 0.235 e. The smallest absolute Gasteiger partial charge is 0.235 e. The topological polar surface area (TPSA) is 74.9 Å². The van der Waals surface area contributed by atoms with E-state index in [1.165, 1.54) is 6.07 Å². The van der Waals surface area contributed by atoms with Gasteiger partial charge in [0.05, 0.1) is 0 Å². The van der Waals surface area contributed by atoms with Gasteiger partial charge in [0.1, 0.15) is 22.8 Å². The molecule has 0 aliphatic carbocycles. The number of aromatic hydroxyl groups is 2. The van der Waals surface area contributed by atoms with Gasteiger partial charge in [-0.2, -0.15) is 0 Å². The third-order valence-corrected chi connectivity index (χ3v) is 5.74. The van der Waals surface area contributed by atoms with Gasteiger partial charge in [0.25, 0.3) is 0 Å². The molecule has 1 aliphatic heterocycles. The van der Waals surface area contributed by atoms with Crippen molar-refractivity contribution >= 4 is 28.4 Å². The second-order valence-electron chi connectivity index (χ2n) is 8.12. The lowest BCUT2D eigenvalue weighted by molar-refractivity contribution is 0.101. The molecule has 4 aromatic rings. The number of benzene rings is 3. The molecule has 2 N–H and O–H groups in total. The number of Topliss-reactive ketones (excluding diaryl/α,β-unsaturated/α-hetero) is 1. The fourth-order valence-corrected chi connectivity index (χ4v) is 4.20. The number of phenols is 2. The van der Waals surface area contributed by atoms with Gasteiger partial charge in [-0.3, -0.25) is 4.79 Å². The summed E-state index contributed by atoms with van der Waals surface area (Å²) in [6, 6.07) is 16.9. The Morgan fingerprint density at radius 2 is 1.81 bits per heavy atom. The van der Waals surface area contributed by atoms with Gasteiger partial charge in [0.15, 0.2) is 5.76 Å². The minimum atomic E-state index is -0.415. The molecule has 1 aliphatic rings. The van der Waals surface area contributed by atoms with Gasteiger partial charge in [0.2, 0.25) is 5.78 Å². The number of carbonyl (C=O) groups is 1. The van der Waals surface area contributed by atoms with Crippen LogP contribution in [0.1, 0.15) is 15.9 Å². The van der Waals surface area contributed by atoms with Gasteiger partial charge in [-0.1, -0.05) is 24.3 Å². The van der Waals surface area contributed by atoms with E-state index in [-0.39, 0.29) is 28.6 Å². The predicted molar refractivity (Wildman–Crippen MR) is 125 cm³/mol. The van der Waals surface area contributed by atoms with Crippen molar-refractivity contribution in [2.75, 3.05) is 19.0 Å². The molecule has 6 heteroatoms. The number of carbonyl (C=O) groups excluding carboxylic acids is 1. The zero-order chi connectivity index (χ0) is 22.6. The van der Waals surface area contributed by atoms with Crippen molar-refractivity contribution in [3.63, 3.8) is 0 Å². The number of aryl methyl sites for hydroxylation is 1. The Bertz CT molecular complexity index is 1430. The first kappa shape index (κ1) is 19.8. The van der Waals surface area contributed by atoms with Crippen molar-refractivity contribution < 1.29 is 19.7 Å². The van der Waals surface area contributed by atoms with Crippen LogP contribution >= 0.6 is 0 Å². The number of ether oxygens (including phenoxy) is 1. The second-order valence-corrected chi connectivity index (χ2v) is 8.12. The number of fused-ring (bicyclic) bond motifs is 2. The molecule has 0 radical (unpaired) electrons. The van der Waals surface area contributed by atoms with E-state index in [2.05, 4.69) is 29.2 Å². The van der Waals surface area contributed by atoms with Crippen LogP contribution in [-0.4, -0.2) is 34.7 Å². The van der Waals surface area contributed by atoms with Gasteiger partial charge < -0.3 is 24.4 Å². The van der Waals surface area contributed by atoms with Crippen LogP contribution < -0.4 is 9.64 Å². The standard InChI is InChI=1S/C26H22N2O4/c1-27(2)17-7-4-6-15(10-17)19-8-5-9-20-24(19)16(14-28(20)3)11-23-26(31)25-21(30)12-18(29)13-22(25)32-23/h4-14,29-30H,1-3H3/b23-11-. The minimum absolute atomic E-state index is 0.0631. The third-order valence-electron chi connectivity index (χ3n) is 5.74. The molecule has 32 heavy (non-hydrogen) atoms. The van der Waals surface area contributed by atoms with Crippen LogP contribution in [0.25, 0.3) is 28.1 Å². The molecule has 0 amide bonds. The number of hydrogen-bond donors (Lipinski definition) is 2. The number of hydrogen-bond acceptors (Lipinski definition) is 5. The van der Waals surface area contributed by atoms with Gasteiger partial charge >= 0.3 is 0 Å². The van der Waals surface area contributed by atoms with Crippen LogP contribution in [-0.2, 0) is 7.05 Å². The summed E-state index contributed by atoms with van der Waals surface area (Å²) < 4.78 is 7.73. The Hall–Kier alpha value is -4.19. The summed E-state index contributed by atoms with van der Waals surface area (Å²) in [5.74, 6) is -0.624. The van der Waals surface area contributed by atoms with E-state index in [1.807, 2.05) is 50.1 Å². The van der Waals surface area contributed by atoms with Crippen molar-refractivity contribution in [2.45, 2.75) is 0 Å². The molecule has 0 atom stereocenters. The van der Waals surface area contributed by atoms with Crippen LogP contribution in [0.3, 0.4) is 0 Å². The van der Waals surface area contributed by atoms with E-state index >= 15 is 0 Å². The molecular formula is C26H22N2O4. The van der Waals surface area contributed by atoms with Crippen LogP contribution in [0.5, 0.6) is 17.2 Å². The average molecular weight is 426 g/mol. The number of rotatable bonds is 3. The van der Waals surface area contributed by atoms with Crippen molar-refractivity contribution in [2.24, 2.45) is 7.05 Å². The molecule has 0 saturated heterocycles. The molecule has 1 aromatic heterocycles. The maximum atomic E-state index is 12.9. The fraction of sp³-hybridized carbons (Fsp3) is 0.115. The summed E-state index contributed by atoms with van der Waals surface area (Å²) in [5, 5.41) is 20.8. The van der Waals surface area contributed by atoms with E-state index in [4.69, 9.17) is 4.74 Å². The lowest BCUT2D eigenvalue weighted by Crippen LogP contribution is -2.08. The summed E-state index contributed by atoms with van der Waals surface area (Å²) in [5.41, 5.74) is 5.11. The molecule has 160 valence electrons. The van der Waals surface area contributed by atoms with Gasteiger partial charge in [-0.05, 0) is 35.4 Å². The first-order valence-corrected chi connectivity index (χ1v) is 10.2. The molecule has 2 heterocycles. The number of anilines is 1. The number of aromatic nitrogens is 1. The summed E-state index contributed by atoms with van der Waals surface area (Å²) in [4.78, 5) is 15.0. The summed E-state index contributed by atoms with van der Waals surface area (Å²) >= 11 is 0. The highest BCUT2D eigenvalue weighted by Crippen LogP contribution is 2.41. The summed E-state index contributed by atoms with van der Waals surface area (Å²) in [6.07, 6.45) is 3.65. The van der Waals surface area contributed by atoms with E-state index in [9.17, 15) is 15.0 Å². The first-order valence-electron chi connectivity index (χ1n) is 10.2. The number of nitrogens with zero attached hydrogens (tertiary/aromatic N) is 2. The monoisotopic (exact) mass is 426 g/mol. The normalized spacial score (nSPS) is 14.1. The number of phenolic OH excluding ortho intramolecular Hbond substituents is 2. The molecule has 0 fully saturated rings. The molecule has 0 spiro atoms. The zero-order valence-corrected chi connectivity index (χ0v) is 18.0. The minimum Gasteiger partial charge on any atom is -0.508 e.